The molecule has 1 aromatic carbocycles. The van der Waals surface area contributed by atoms with Crippen molar-refractivity contribution < 1.29 is 18.7 Å². The van der Waals surface area contributed by atoms with Crippen molar-refractivity contribution in [3.05, 3.63) is 62.3 Å². The van der Waals surface area contributed by atoms with E-state index in [1.807, 2.05) is 6.07 Å². The van der Waals surface area contributed by atoms with E-state index in [4.69, 9.17) is 14.7 Å². The van der Waals surface area contributed by atoms with Crippen molar-refractivity contribution in [3.8, 4) is 11.8 Å². The first-order valence-electron chi connectivity index (χ1n) is 7.97. The van der Waals surface area contributed by atoms with Gasteiger partial charge in [-0.05, 0) is 49.1 Å². The van der Waals surface area contributed by atoms with Crippen molar-refractivity contribution in [2.45, 2.75) is 33.3 Å². The van der Waals surface area contributed by atoms with Crippen molar-refractivity contribution in [1.29, 1.82) is 5.26 Å². The molecule has 0 unspecified atom stereocenters. The van der Waals surface area contributed by atoms with Gasteiger partial charge in [-0.2, -0.15) is 5.26 Å². The summed E-state index contributed by atoms with van der Waals surface area (Å²) in [6.45, 7) is 3.35. The number of benzene rings is 1. The van der Waals surface area contributed by atoms with E-state index < -0.39 is 17.3 Å². The minimum Gasteiger partial charge on any atom is -0.494 e. The Morgan fingerprint density at radius 1 is 1.35 bits per heavy atom. The lowest BCUT2D eigenvalue weighted by Gasteiger charge is -2.11. The highest BCUT2D eigenvalue weighted by Gasteiger charge is 2.14. The summed E-state index contributed by atoms with van der Waals surface area (Å²) in [4.78, 5) is 26.3. The number of carbonyl (C=O) groups excluding carboxylic acids is 1. The third-order valence-electron chi connectivity index (χ3n) is 4.12. The monoisotopic (exact) mass is 358 g/mol. The van der Waals surface area contributed by atoms with Gasteiger partial charge < -0.3 is 14.5 Å². The Bertz CT molecular complexity index is 928. The summed E-state index contributed by atoms with van der Waals surface area (Å²) < 4.78 is 23.6. The van der Waals surface area contributed by atoms with Crippen LogP contribution in [0.5, 0.6) is 5.75 Å². The van der Waals surface area contributed by atoms with Crippen LogP contribution in [0, 0.1) is 31.0 Å². The van der Waals surface area contributed by atoms with Crippen molar-refractivity contribution in [3.63, 3.8) is 0 Å². The van der Waals surface area contributed by atoms with Gasteiger partial charge in [-0.3, -0.25) is 9.59 Å². The molecule has 6 nitrogen and oxygen atoms in total. The van der Waals surface area contributed by atoms with Gasteiger partial charge in [-0.15, -0.1) is 0 Å². The molecule has 1 aromatic heterocycles. The number of esters is 1. The zero-order chi connectivity index (χ0) is 19.3. The van der Waals surface area contributed by atoms with E-state index in [9.17, 15) is 14.0 Å². The number of H-pyrrole nitrogens is 1. The van der Waals surface area contributed by atoms with E-state index in [2.05, 4.69) is 4.98 Å². The van der Waals surface area contributed by atoms with Gasteiger partial charge in [0.25, 0.3) is 5.56 Å². The second-order valence-corrected chi connectivity index (χ2v) is 5.80. The summed E-state index contributed by atoms with van der Waals surface area (Å²) in [5.41, 5.74) is 2.06. The number of aromatic amines is 1. The van der Waals surface area contributed by atoms with Crippen LogP contribution in [0.25, 0.3) is 0 Å². The molecule has 0 aliphatic carbocycles. The summed E-state index contributed by atoms with van der Waals surface area (Å²) in [5, 5.41) is 9.06. The normalized spacial score (nSPS) is 10.3. The highest BCUT2D eigenvalue weighted by atomic mass is 19.1. The number of carbonyl (C=O) groups is 1. The topological polar surface area (TPSA) is 92.2 Å². The Hall–Kier alpha value is -3.14. The van der Waals surface area contributed by atoms with Crippen LogP contribution in [0.1, 0.15) is 34.4 Å². The van der Waals surface area contributed by atoms with Crippen molar-refractivity contribution in [2.75, 3.05) is 7.11 Å². The molecule has 0 bridgehead atoms. The number of nitrogens with one attached hydrogen (secondary N) is 1. The lowest BCUT2D eigenvalue weighted by molar-refractivity contribution is -0.144. The van der Waals surface area contributed by atoms with Crippen molar-refractivity contribution >= 4 is 5.97 Å². The van der Waals surface area contributed by atoms with E-state index in [-0.39, 0.29) is 24.3 Å². The molecule has 0 atom stereocenters. The number of pyridine rings is 1. The van der Waals surface area contributed by atoms with Gasteiger partial charge in [0.05, 0.1) is 7.11 Å². The molecule has 0 spiro atoms. The number of aryl methyl sites for hydroxylation is 1. The molecular weight excluding hydrogens is 339 g/mol. The molecule has 0 amide bonds. The Kier molecular flexibility index (Phi) is 6.12. The lowest BCUT2D eigenvalue weighted by Crippen LogP contribution is -2.17. The minimum atomic E-state index is -0.524. The van der Waals surface area contributed by atoms with Gasteiger partial charge in [-0.1, -0.05) is 6.07 Å². The second kappa shape index (κ2) is 8.30. The van der Waals surface area contributed by atoms with Crippen molar-refractivity contribution in [1.82, 2.24) is 4.98 Å². The molecule has 0 saturated heterocycles. The molecule has 2 rings (SSSR count). The Labute approximate surface area is 150 Å². The number of methoxy groups -OCH3 is 1. The van der Waals surface area contributed by atoms with Gasteiger partial charge in [0.2, 0.25) is 0 Å². The van der Waals surface area contributed by atoms with Gasteiger partial charge in [0.1, 0.15) is 18.2 Å². The zero-order valence-electron chi connectivity index (χ0n) is 14.8. The van der Waals surface area contributed by atoms with Crippen LogP contribution in [0.2, 0.25) is 0 Å². The molecule has 0 saturated carbocycles. The largest absolute Gasteiger partial charge is 0.494 e. The third-order valence-corrected chi connectivity index (χ3v) is 4.12. The maximum absolute atomic E-state index is 13.6. The minimum absolute atomic E-state index is 0.0488. The molecule has 1 N–H and O–H groups in total. The lowest BCUT2D eigenvalue weighted by atomic mass is 9.99. The number of nitriles is 1. The Morgan fingerprint density at radius 3 is 2.69 bits per heavy atom. The van der Waals surface area contributed by atoms with Crippen LogP contribution in [0.15, 0.2) is 23.0 Å². The first-order valence-corrected chi connectivity index (χ1v) is 7.97. The van der Waals surface area contributed by atoms with Gasteiger partial charge >= 0.3 is 5.97 Å². The summed E-state index contributed by atoms with van der Waals surface area (Å²) in [6.07, 6.45) is 0.413. The molecule has 0 aliphatic heterocycles. The summed E-state index contributed by atoms with van der Waals surface area (Å²) in [5.74, 6) is -0.855. The Balaban J connectivity index is 1.99. The predicted octanol–water partition coefficient (Wildman–Crippen LogP) is 2.69. The standard InChI is InChI=1S/C19H19FN2O4/c1-11-14(12(2)22-19(24)15(11)9-21)5-7-18(23)26-10-13-4-6-17(25-3)16(20)8-13/h4,6,8H,5,7,10H2,1-3H3,(H,22,24). The molecule has 1 heterocycles. The fourth-order valence-electron chi connectivity index (χ4n) is 2.68. The van der Waals surface area contributed by atoms with Crippen LogP contribution < -0.4 is 10.3 Å². The number of nitrogens with zero attached hydrogens (tertiary/aromatic N) is 1. The SMILES string of the molecule is COc1ccc(COC(=O)CCc2c(C)[nH]c(=O)c(C#N)c2C)cc1F. The van der Waals surface area contributed by atoms with E-state index >= 15 is 0 Å². The summed E-state index contributed by atoms with van der Waals surface area (Å²) >= 11 is 0. The molecule has 7 heteroatoms. The predicted molar refractivity (Wildman–Crippen MR) is 92.3 cm³/mol. The van der Waals surface area contributed by atoms with Gasteiger partial charge in [0, 0.05) is 12.1 Å². The number of ether oxygens (including phenoxy) is 2. The van der Waals surface area contributed by atoms with Crippen LogP contribution in [0.4, 0.5) is 4.39 Å². The first-order chi connectivity index (χ1) is 12.4. The summed E-state index contributed by atoms with van der Waals surface area (Å²) in [7, 11) is 1.37. The van der Waals surface area contributed by atoms with E-state index in [0.29, 0.717) is 23.2 Å². The third kappa shape index (κ3) is 4.28. The van der Waals surface area contributed by atoms with Crippen LogP contribution >= 0.6 is 0 Å². The highest BCUT2D eigenvalue weighted by molar-refractivity contribution is 5.70. The van der Waals surface area contributed by atoms with Gasteiger partial charge in [-0.25, -0.2) is 4.39 Å². The molecule has 0 fully saturated rings. The quantitative estimate of drug-likeness (QED) is 0.802. The van der Waals surface area contributed by atoms with Crippen LogP contribution in [-0.4, -0.2) is 18.1 Å². The van der Waals surface area contributed by atoms with E-state index in [0.717, 1.165) is 5.56 Å². The van der Waals surface area contributed by atoms with Crippen LogP contribution in [0.3, 0.4) is 0 Å². The molecule has 0 aliphatic rings. The molecule has 26 heavy (non-hydrogen) atoms. The summed E-state index contributed by atoms with van der Waals surface area (Å²) in [6, 6.07) is 6.21. The maximum atomic E-state index is 13.6. The molecular formula is C19H19FN2O4. The maximum Gasteiger partial charge on any atom is 0.306 e. The van der Waals surface area contributed by atoms with E-state index in [1.165, 1.54) is 19.2 Å². The fourth-order valence-corrected chi connectivity index (χ4v) is 2.68. The number of hydrogen-bond acceptors (Lipinski definition) is 5. The van der Waals surface area contributed by atoms with E-state index in [1.54, 1.807) is 19.9 Å². The highest BCUT2D eigenvalue weighted by Crippen LogP contribution is 2.19. The fraction of sp³-hybridized carbons (Fsp3) is 0.316. The van der Waals surface area contributed by atoms with Gasteiger partial charge in [0.15, 0.2) is 11.6 Å². The zero-order valence-corrected chi connectivity index (χ0v) is 14.8. The Morgan fingerprint density at radius 2 is 2.08 bits per heavy atom. The average Bonchev–Trinajstić information content (AvgIpc) is 2.60. The number of halogens is 1. The molecule has 136 valence electrons. The average molecular weight is 358 g/mol. The first kappa shape index (κ1) is 19.2. The second-order valence-electron chi connectivity index (χ2n) is 5.80. The van der Waals surface area contributed by atoms with Crippen LogP contribution in [-0.2, 0) is 22.6 Å². The number of aromatic nitrogens is 1. The number of hydrogen-bond donors (Lipinski definition) is 1. The number of rotatable bonds is 6. The molecule has 2 aromatic rings. The smallest absolute Gasteiger partial charge is 0.306 e. The van der Waals surface area contributed by atoms with Crippen molar-refractivity contribution in [2.24, 2.45) is 0 Å². The molecule has 0 radical (unpaired) electrons.